The standard InChI is InChI=1S/C29H35N7O2/c1-18(2)16-24(30)29(37)34-20-10-12-21(13-11-20)36-28-25(27(31)32-17-33-28)26(35-36)19-8-14-23(15-9-19)38-22-6-4-3-5-7-22/h3-9,14-15,17-18,20-21,24H,10-13,16,30H2,1-2H3,(H,34,37)(H2,31,32,33)/t20-,21-,24-/m0/s1. The van der Waals surface area contributed by atoms with E-state index in [1.165, 1.54) is 6.33 Å². The topological polar surface area (TPSA) is 134 Å². The number of para-hydroxylation sites is 1. The molecule has 5 N–H and O–H groups in total. The maximum Gasteiger partial charge on any atom is 0.237 e. The van der Waals surface area contributed by atoms with Gasteiger partial charge in [0.15, 0.2) is 5.65 Å². The van der Waals surface area contributed by atoms with E-state index < -0.39 is 6.04 Å². The summed E-state index contributed by atoms with van der Waals surface area (Å²) in [5.74, 6) is 2.24. The van der Waals surface area contributed by atoms with Crippen LogP contribution in [0.1, 0.15) is 52.0 Å². The molecule has 0 bridgehead atoms. The molecule has 4 aromatic rings. The number of aromatic nitrogens is 4. The van der Waals surface area contributed by atoms with Crippen molar-refractivity contribution in [2.75, 3.05) is 5.73 Å². The Labute approximate surface area is 222 Å². The Bertz CT molecular complexity index is 1380. The van der Waals surface area contributed by atoms with E-state index in [4.69, 9.17) is 21.3 Å². The molecule has 0 saturated heterocycles. The normalized spacial score (nSPS) is 18.4. The minimum atomic E-state index is -0.463. The molecular weight excluding hydrogens is 478 g/mol. The number of rotatable bonds is 8. The molecule has 1 aliphatic rings. The van der Waals surface area contributed by atoms with Crippen LogP contribution in [-0.4, -0.2) is 37.7 Å². The van der Waals surface area contributed by atoms with E-state index >= 15 is 0 Å². The molecule has 9 nitrogen and oxygen atoms in total. The van der Waals surface area contributed by atoms with Crippen LogP contribution in [0.15, 0.2) is 60.9 Å². The predicted octanol–water partition coefficient (Wildman–Crippen LogP) is 4.84. The van der Waals surface area contributed by atoms with Crippen molar-refractivity contribution in [3.63, 3.8) is 0 Å². The summed E-state index contributed by atoms with van der Waals surface area (Å²) in [5, 5.41) is 8.88. The van der Waals surface area contributed by atoms with Gasteiger partial charge in [-0.3, -0.25) is 4.79 Å². The van der Waals surface area contributed by atoms with E-state index in [0.717, 1.165) is 59.5 Å². The number of ether oxygens (including phenoxy) is 1. The Hall–Kier alpha value is -3.98. The van der Waals surface area contributed by atoms with Crippen LogP contribution in [0.4, 0.5) is 5.82 Å². The SMILES string of the molecule is CC(C)C[C@H](N)C(=O)N[C@H]1CC[C@H](n2nc(-c3ccc(Oc4ccccc4)cc3)c3c(N)ncnc32)CC1. The highest BCUT2D eigenvalue weighted by atomic mass is 16.5. The molecule has 1 fully saturated rings. The van der Waals surface area contributed by atoms with Gasteiger partial charge >= 0.3 is 0 Å². The number of fused-ring (bicyclic) bond motifs is 1. The lowest BCUT2D eigenvalue weighted by molar-refractivity contribution is -0.123. The number of benzene rings is 2. The summed E-state index contributed by atoms with van der Waals surface area (Å²) >= 11 is 0. The monoisotopic (exact) mass is 513 g/mol. The lowest BCUT2D eigenvalue weighted by Gasteiger charge is -2.30. The van der Waals surface area contributed by atoms with Gasteiger partial charge in [0.05, 0.1) is 17.5 Å². The molecule has 2 heterocycles. The van der Waals surface area contributed by atoms with E-state index in [9.17, 15) is 4.79 Å². The van der Waals surface area contributed by atoms with Gasteiger partial charge in [-0.2, -0.15) is 5.10 Å². The van der Waals surface area contributed by atoms with Crippen molar-refractivity contribution in [1.29, 1.82) is 0 Å². The minimum absolute atomic E-state index is 0.0609. The maximum absolute atomic E-state index is 12.5. The molecule has 198 valence electrons. The number of anilines is 1. The molecule has 5 rings (SSSR count). The first-order valence-corrected chi connectivity index (χ1v) is 13.3. The van der Waals surface area contributed by atoms with Gasteiger partial charge in [-0.15, -0.1) is 0 Å². The van der Waals surface area contributed by atoms with E-state index in [2.05, 4.69) is 29.1 Å². The average molecular weight is 514 g/mol. The van der Waals surface area contributed by atoms with Crippen molar-refractivity contribution in [2.45, 2.75) is 64.1 Å². The van der Waals surface area contributed by atoms with Crippen molar-refractivity contribution in [3.8, 4) is 22.8 Å². The van der Waals surface area contributed by atoms with Crippen LogP contribution in [-0.2, 0) is 4.79 Å². The molecule has 38 heavy (non-hydrogen) atoms. The first kappa shape index (κ1) is 25.7. The molecule has 2 aromatic carbocycles. The van der Waals surface area contributed by atoms with Gasteiger partial charge in [0.2, 0.25) is 5.91 Å². The maximum atomic E-state index is 12.5. The van der Waals surface area contributed by atoms with Crippen molar-refractivity contribution >= 4 is 22.8 Å². The van der Waals surface area contributed by atoms with Gasteiger partial charge < -0.3 is 21.5 Å². The molecule has 2 aromatic heterocycles. The number of nitrogens with zero attached hydrogens (tertiary/aromatic N) is 4. The number of hydrogen-bond donors (Lipinski definition) is 3. The van der Waals surface area contributed by atoms with Crippen molar-refractivity contribution < 1.29 is 9.53 Å². The Morgan fingerprint density at radius 2 is 1.71 bits per heavy atom. The summed E-state index contributed by atoms with van der Waals surface area (Å²) in [7, 11) is 0. The van der Waals surface area contributed by atoms with Gasteiger partial charge in [0, 0.05) is 11.6 Å². The molecular formula is C29H35N7O2. The van der Waals surface area contributed by atoms with Crippen molar-refractivity contribution in [2.24, 2.45) is 11.7 Å². The molecule has 0 radical (unpaired) electrons. The minimum Gasteiger partial charge on any atom is -0.457 e. The predicted molar refractivity (Wildman–Crippen MR) is 149 cm³/mol. The zero-order valence-electron chi connectivity index (χ0n) is 21.9. The molecule has 9 heteroatoms. The highest BCUT2D eigenvalue weighted by molar-refractivity contribution is 5.98. The van der Waals surface area contributed by atoms with E-state index in [1.54, 1.807) is 0 Å². The number of amides is 1. The number of hydrogen-bond acceptors (Lipinski definition) is 7. The van der Waals surface area contributed by atoms with Crippen LogP contribution >= 0.6 is 0 Å². The number of nitrogen functional groups attached to an aromatic ring is 1. The summed E-state index contributed by atoms with van der Waals surface area (Å²) in [5.41, 5.74) is 14.8. The van der Waals surface area contributed by atoms with Crippen LogP contribution in [0.3, 0.4) is 0 Å². The van der Waals surface area contributed by atoms with E-state index in [1.807, 2.05) is 59.3 Å². The van der Waals surface area contributed by atoms with Crippen LogP contribution in [0.25, 0.3) is 22.3 Å². The molecule has 1 aliphatic carbocycles. The fraction of sp³-hybridized carbons (Fsp3) is 0.379. The number of carbonyl (C=O) groups is 1. The third-order valence-corrected chi connectivity index (χ3v) is 7.08. The fourth-order valence-corrected chi connectivity index (χ4v) is 5.15. The van der Waals surface area contributed by atoms with Gasteiger partial charge in [-0.05, 0) is 74.4 Å². The second-order valence-electron chi connectivity index (χ2n) is 10.4. The highest BCUT2D eigenvalue weighted by Crippen LogP contribution is 2.36. The number of carbonyl (C=O) groups excluding carboxylic acids is 1. The third kappa shape index (κ3) is 5.62. The highest BCUT2D eigenvalue weighted by Gasteiger charge is 2.28. The Kier molecular flexibility index (Phi) is 7.55. The van der Waals surface area contributed by atoms with Gasteiger partial charge in [-0.1, -0.05) is 32.0 Å². The molecule has 0 aliphatic heterocycles. The summed E-state index contributed by atoms with van der Waals surface area (Å²) in [6, 6.07) is 17.3. The van der Waals surface area contributed by atoms with E-state index in [-0.39, 0.29) is 18.0 Å². The van der Waals surface area contributed by atoms with Crippen molar-refractivity contribution in [1.82, 2.24) is 25.1 Å². The molecule has 1 saturated carbocycles. The summed E-state index contributed by atoms with van der Waals surface area (Å²) in [6.07, 6.45) is 5.62. The van der Waals surface area contributed by atoms with Crippen LogP contribution in [0.2, 0.25) is 0 Å². The lowest BCUT2D eigenvalue weighted by Crippen LogP contribution is -2.47. The second kappa shape index (κ2) is 11.2. The average Bonchev–Trinajstić information content (AvgIpc) is 3.31. The van der Waals surface area contributed by atoms with E-state index in [0.29, 0.717) is 18.2 Å². The van der Waals surface area contributed by atoms with Crippen LogP contribution < -0.4 is 21.5 Å². The smallest absolute Gasteiger partial charge is 0.237 e. The zero-order valence-corrected chi connectivity index (χ0v) is 21.9. The lowest BCUT2D eigenvalue weighted by atomic mass is 9.91. The number of nitrogens with two attached hydrogens (primary N) is 2. The fourth-order valence-electron chi connectivity index (χ4n) is 5.15. The summed E-state index contributed by atoms with van der Waals surface area (Å²) in [4.78, 5) is 21.3. The third-order valence-electron chi connectivity index (χ3n) is 7.08. The largest absolute Gasteiger partial charge is 0.457 e. The molecule has 0 spiro atoms. The van der Waals surface area contributed by atoms with Gasteiger partial charge in [-0.25, -0.2) is 14.6 Å². The summed E-state index contributed by atoms with van der Waals surface area (Å²) in [6.45, 7) is 4.15. The first-order valence-electron chi connectivity index (χ1n) is 13.3. The first-order chi connectivity index (χ1) is 18.4. The Balaban J connectivity index is 1.33. The number of nitrogens with one attached hydrogen (secondary N) is 1. The quantitative estimate of drug-likeness (QED) is 0.307. The zero-order chi connectivity index (χ0) is 26.6. The second-order valence-corrected chi connectivity index (χ2v) is 10.4. The van der Waals surface area contributed by atoms with Crippen molar-refractivity contribution in [3.05, 3.63) is 60.9 Å². The molecule has 1 amide bonds. The summed E-state index contributed by atoms with van der Waals surface area (Å²) < 4.78 is 7.92. The Morgan fingerprint density at radius 1 is 1.03 bits per heavy atom. The van der Waals surface area contributed by atoms with Crippen LogP contribution in [0.5, 0.6) is 11.5 Å². The van der Waals surface area contributed by atoms with Crippen LogP contribution in [0, 0.1) is 5.92 Å². The van der Waals surface area contributed by atoms with Gasteiger partial charge in [0.1, 0.15) is 29.3 Å². The molecule has 1 atom stereocenters. The Morgan fingerprint density at radius 3 is 2.39 bits per heavy atom. The van der Waals surface area contributed by atoms with Gasteiger partial charge in [0.25, 0.3) is 0 Å². The molecule has 0 unspecified atom stereocenters.